The lowest BCUT2D eigenvalue weighted by atomic mass is 10.0. The Morgan fingerprint density at radius 3 is 2.25 bits per heavy atom. The van der Waals surface area contributed by atoms with Gasteiger partial charge in [0.25, 0.3) is 0 Å². The number of nitrogens with two attached hydrogens (primary N) is 1. The van der Waals surface area contributed by atoms with Crippen molar-refractivity contribution >= 4 is 9.84 Å². The highest BCUT2D eigenvalue weighted by Gasteiger charge is 2.69. The molecular weight excluding hydrogens is 322 g/mol. The Kier molecular flexibility index (Phi) is 4.51. The number of methoxy groups -OCH3 is 1. The number of aryl methyl sites for hydroxylation is 1. The van der Waals surface area contributed by atoms with Crippen molar-refractivity contribution in [1.29, 1.82) is 0 Å². The van der Waals surface area contributed by atoms with Gasteiger partial charge in [-0.25, -0.2) is 8.42 Å². The third kappa shape index (κ3) is 2.77. The first-order valence-corrected chi connectivity index (χ1v) is 9.65. The molecule has 0 saturated heterocycles. The molecule has 128 valence electrons. The topological polar surface area (TPSA) is 69.4 Å². The molecule has 0 spiro atoms. The van der Waals surface area contributed by atoms with E-state index in [1.807, 2.05) is 24.3 Å². The first-order chi connectivity index (χ1) is 11.4. The molecule has 0 amide bonds. The fourth-order valence-corrected chi connectivity index (χ4v) is 5.83. The van der Waals surface area contributed by atoms with Gasteiger partial charge < -0.3 is 10.5 Å². The zero-order valence-electron chi connectivity index (χ0n) is 14.0. The first kappa shape index (κ1) is 17.1. The highest BCUT2D eigenvalue weighted by Crippen LogP contribution is 2.55. The molecule has 4 nitrogen and oxygen atoms in total. The van der Waals surface area contributed by atoms with Crippen molar-refractivity contribution in [3.05, 3.63) is 65.7 Å². The van der Waals surface area contributed by atoms with Crippen LogP contribution in [0.15, 0.2) is 59.5 Å². The molecule has 2 N–H and O–H groups in total. The molecule has 3 atom stereocenters. The number of hydrogen-bond donors (Lipinski definition) is 1. The quantitative estimate of drug-likeness (QED) is 0.873. The zero-order valence-corrected chi connectivity index (χ0v) is 14.8. The van der Waals surface area contributed by atoms with E-state index < -0.39 is 20.6 Å². The molecule has 1 aliphatic rings. The average Bonchev–Trinajstić information content (AvgIpc) is 3.22. The monoisotopic (exact) mass is 345 g/mol. The van der Waals surface area contributed by atoms with E-state index in [0.29, 0.717) is 4.90 Å². The average molecular weight is 345 g/mol. The molecule has 5 heteroatoms. The summed E-state index contributed by atoms with van der Waals surface area (Å²) in [5, 5.41) is -0.667. The fraction of sp³-hybridized carbons (Fsp3) is 0.368. The first-order valence-electron chi connectivity index (χ1n) is 8.10. The largest absolute Gasteiger partial charge is 0.383 e. The summed E-state index contributed by atoms with van der Waals surface area (Å²) in [5.74, 6) is -0.256. The van der Waals surface area contributed by atoms with Gasteiger partial charge in [-0.15, -0.1) is 0 Å². The molecule has 0 aliphatic heterocycles. The highest BCUT2D eigenvalue weighted by molar-refractivity contribution is 7.92. The predicted molar refractivity (Wildman–Crippen MR) is 94.8 cm³/mol. The number of hydrogen-bond acceptors (Lipinski definition) is 4. The molecule has 0 radical (unpaired) electrons. The van der Waals surface area contributed by atoms with Crippen molar-refractivity contribution in [2.24, 2.45) is 5.73 Å². The van der Waals surface area contributed by atoms with Gasteiger partial charge in [-0.05, 0) is 29.7 Å². The van der Waals surface area contributed by atoms with Gasteiger partial charge >= 0.3 is 0 Å². The van der Waals surface area contributed by atoms with Crippen LogP contribution in [-0.2, 0) is 21.0 Å². The molecule has 1 saturated carbocycles. The Morgan fingerprint density at radius 2 is 1.71 bits per heavy atom. The second-order valence-corrected chi connectivity index (χ2v) is 8.47. The Labute approximate surface area is 143 Å². The maximum Gasteiger partial charge on any atom is 0.183 e. The van der Waals surface area contributed by atoms with Gasteiger partial charge in [0.05, 0.1) is 22.3 Å². The third-order valence-corrected chi connectivity index (χ3v) is 7.16. The maximum absolute atomic E-state index is 13.1. The van der Waals surface area contributed by atoms with Gasteiger partial charge in [-0.2, -0.15) is 0 Å². The van der Waals surface area contributed by atoms with Gasteiger partial charge in [-0.1, -0.05) is 49.4 Å². The van der Waals surface area contributed by atoms with Crippen LogP contribution in [0.5, 0.6) is 0 Å². The molecule has 2 aromatic carbocycles. The lowest BCUT2D eigenvalue weighted by Crippen LogP contribution is -2.35. The van der Waals surface area contributed by atoms with Crippen LogP contribution < -0.4 is 5.73 Å². The van der Waals surface area contributed by atoms with Crippen molar-refractivity contribution in [2.45, 2.75) is 34.9 Å². The Bertz CT molecular complexity index is 802. The Balaban J connectivity index is 1.99. The predicted octanol–water partition coefficient (Wildman–Crippen LogP) is 2.53. The summed E-state index contributed by atoms with van der Waals surface area (Å²) in [5.41, 5.74) is 7.75. The molecule has 1 aliphatic carbocycles. The van der Waals surface area contributed by atoms with E-state index in [2.05, 4.69) is 6.92 Å². The van der Waals surface area contributed by atoms with Crippen LogP contribution in [0, 0.1) is 0 Å². The molecule has 24 heavy (non-hydrogen) atoms. The highest BCUT2D eigenvalue weighted by atomic mass is 32.2. The fourth-order valence-electron chi connectivity index (χ4n) is 3.52. The van der Waals surface area contributed by atoms with Gasteiger partial charge in [-0.3, -0.25) is 0 Å². The maximum atomic E-state index is 13.1. The van der Waals surface area contributed by atoms with Crippen LogP contribution in [0.2, 0.25) is 0 Å². The Morgan fingerprint density at radius 1 is 1.08 bits per heavy atom. The van der Waals surface area contributed by atoms with Crippen molar-refractivity contribution < 1.29 is 13.2 Å². The summed E-state index contributed by atoms with van der Waals surface area (Å²) in [4.78, 5) is 0.314. The van der Waals surface area contributed by atoms with Crippen LogP contribution in [0.4, 0.5) is 0 Å². The van der Waals surface area contributed by atoms with E-state index >= 15 is 0 Å². The molecule has 2 aromatic rings. The smallest absolute Gasteiger partial charge is 0.183 e. The van der Waals surface area contributed by atoms with Gasteiger partial charge in [0.2, 0.25) is 0 Å². The number of benzene rings is 2. The van der Waals surface area contributed by atoms with Crippen LogP contribution in [0.1, 0.15) is 24.0 Å². The summed E-state index contributed by atoms with van der Waals surface area (Å²) in [7, 11) is -1.96. The number of ether oxygens (including phenoxy) is 1. The third-order valence-electron chi connectivity index (χ3n) is 4.85. The molecule has 0 bridgehead atoms. The van der Waals surface area contributed by atoms with Crippen molar-refractivity contribution in [2.75, 3.05) is 13.7 Å². The van der Waals surface area contributed by atoms with E-state index in [1.54, 1.807) is 37.4 Å². The van der Waals surface area contributed by atoms with Crippen LogP contribution in [-0.4, -0.2) is 32.9 Å². The summed E-state index contributed by atoms with van der Waals surface area (Å²) in [6, 6.07) is 16.6. The van der Waals surface area contributed by atoms with E-state index in [9.17, 15) is 8.42 Å². The number of sulfone groups is 1. The van der Waals surface area contributed by atoms with Crippen molar-refractivity contribution in [3.8, 4) is 0 Å². The minimum atomic E-state index is -3.51. The van der Waals surface area contributed by atoms with Gasteiger partial charge in [0.15, 0.2) is 9.84 Å². The van der Waals surface area contributed by atoms with E-state index in [1.165, 1.54) is 5.56 Å². The SMILES string of the molecule is CCc1ccc([C@@H]2[C@@H](S(=O)(=O)c3ccccc3)[C@]2(N)COC)cc1. The van der Waals surface area contributed by atoms with E-state index in [4.69, 9.17) is 10.5 Å². The van der Waals surface area contributed by atoms with Gasteiger partial charge in [0, 0.05) is 13.0 Å². The molecule has 0 aromatic heterocycles. The minimum Gasteiger partial charge on any atom is -0.383 e. The number of rotatable bonds is 6. The minimum absolute atomic E-state index is 0.212. The lowest BCUT2D eigenvalue weighted by molar-refractivity contribution is 0.171. The summed E-state index contributed by atoms with van der Waals surface area (Å²) < 4.78 is 31.3. The summed E-state index contributed by atoms with van der Waals surface area (Å²) >= 11 is 0. The second-order valence-electron chi connectivity index (χ2n) is 6.40. The summed E-state index contributed by atoms with van der Waals surface area (Å²) in [6.07, 6.45) is 0.947. The molecule has 0 unspecified atom stereocenters. The van der Waals surface area contributed by atoms with Crippen molar-refractivity contribution in [1.82, 2.24) is 0 Å². The standard InChI is InChI=1S/C19H23NO3S/c1-3-14-9-11-15(12-10-14)17-18(19(17,20)13-23-2)24(21,22)16-7-5-4-6-8-16/h4-12,17-18H,3,13,20H2,1-2H3/t17-,18-,19+/m1/s1. The molecule has 1 fully saturated rings. The molecular formula is C19H23NO3S. The second kappa shape index (κ2) is 6.31. The normalized spacial score (nSPS) is 26.3. The van der Waals surface area contributed by atoms with Crippen LogP contribution >= 0.6 is 0 Å². The zero-order chi connectivity index (χ0) is 17.4. The molecule has 0 heterocycles. The van der Waals surface area contributed by atoms with E-state index in [0.717, 1.165) is 12.0 Å². The van der Waals surface area contributed by atoms with Crippen LogP contribution in [0.25, 0.3) is 0 Å². The summed E-state index contributed by atoms with van der Waals surface area (Å²) in [6.45, 7) is 2.30. The van der Waals surface area contributed by atoms with Crippen molar-refractivity contribution in [3.63, 3.8) is 0 Å². The van der Waals surface area contributed by atoms with Crippen LogP contribution in [0.3, 0.4) is 0 Å². The Hall–Kier alpha value is -1.69. The molecule has 3 rings (SSSR count). The lowest BCUT2D eigenvalue weighted by Gasteiger charge is -2.11. The van der Waals surface area contributed by atoms with Gasteiger partial charge in [0.1, 0.15) is 0 Å². The van der Waals surface area contributed by atoms with E-state index in [-0.39, 0.29) is 12.5 Å².